The summed E-state index contributed by atoms with van der Waals surface area (Å²) in [4.78, 5) is 0. The molecule has 0 bridgehead atoms. The van der Waals surface area contributed by atoms with E-state index in [1.165, 1.54) is 6.26 Å². The number of hydrogen-bond donors (Lipinski definition) is 4. The summed E-state index contributed by atoms with van der Waals surface area (Å²) in [6.45, 7) is 3.89. The highest BCUT2D eigenvalue weighted by Gasteiger charge is 2.42. The molecule has 1 aliphatic rings. The van der Waals surface area contributed by atoms with Crippen molar-refractivity contribution >= 4 is 0 Å². The number of aliphatic hydroxyl groups is 4. The summed E-state index contributed by atoms with van der Waals surface area (Å²) in [5.74, 6) is 0. The molecule has 0 aromatic rings. The highest BCUT2D eigenvalue weighted by Crippen LogP contribution is 2.19. The summed E-state index contributed by atoms with van der Waals surface area (Å²) in [5, 5.41) is 37.4. The van der Waals surface area contributed by atoms with Crippen LogP contribution in [0.15, 0.2) is 12.8 Å². The van der Waals surface area contributed by atoms with E-state index in [0.29, 0.717) is 6.61 Å². The molecule has 1 aliphatic heterocycles. The fourth-order valence-corrected chi connectivity index (χ4v) is 1.46. The molecule has 1 rings (SSSR count). The van der Waals surface area contributed by atoms with Crippen molar-refractivity contribution in [3.63, 3.8) is 0 Å². The molecular formula is C10H18O7. The molecule has 100 valence electrons. The van der Waals surface area contributed by atoms with Crippen molar-refractivity contribution in [1.82, 2.24) is 0 Å². The van der Waals surface area contributed by atoms with Crippen LogP contribution in [0.2, 0.25) is 0 Å². The molecule has 1 heterocycles. The molecule has 0 aromatic carbocycles. The van der Waals surface area contributed by atoms with Crippen molar-refractivity contribution in [1.29, 1.82) is 0 Å². The highest BCUT2D eigenvalue weighted by molar-refractivity contribution is 4.88. The lowest BCUT2D eigenvalue weighted by molar-refractivity contribution is -0.288. The van der Waals surface area contributed by atoms with Gasteiger partial charge in [-0.05, 0) is 0 Å². The maximum absolute atomic E-state index is 9.55. The van der Waals surface area contributed by atoms with Gasteiger partial charge in [0.15, 0.2) is 6.29 Å². The summed E-state index contributed by atoms with van der Waals surface area (Å²) in [5.41, 5.74) is 0. The van der Waals surface area contributed by atoms with Crippen LogP contribution in [-0.2, 0) is 14.2 Å². The molecule has 1 saturated heterocycles. The molecule has 0 saturated carbocycles. The van der Waals surface area contributed by atoms with E-state index in [4.69, 9.17) is 14.2 Å². The minimum Gasteiger partial charge on any atom is -0.499 e. The molecule has 1 unspecified atom stereocenters. The highest BCUT2D eigenvalue weighted by atomic mass is 16.6. The lowest BCUT2D eigenvalue weighted by Crippen LogP contribution is -2.58. The van der Waals surface area contributed by atoms with Gasteiger partial charge in [0.05, 0.1) is 19.5 Å². The molecule has 0 radical (unpaired) electrons. The maximum atomic E-state index is 9.55. The van der Waals surface area contributed by atoms with Crippen molar-refractivity contribution < 1.29 is 34.6 Å². The predicted octanol–water partition coefficient (Wildman–Crippen LogP) is -2.04. The van der Waals surface area contributed by atoms with Crippen molar-refractivity contribution in [3.05, 3.63) is 12.8 Å². The Morgan fingerprint density at radius 2 is 1.76 bits per heavy atom. The van der Waals surface area contributed by atoms with Crippen LogP contribution in [-0.4, -0.2) is 71.0 Å². The normalized spacial score (nSPS) is 37.8. The lowest BCUT2D eigenvalue weighted by Gasteiger charge is -2.38. The van der Waals surface area contributed by atoms with Gasteiger partial charge in [0.1, 0.15) is 31.0 Å². The van der Waals surface area contributed by atoms with E-state index in [2.05, 4.69) is 6.58 Å². The lowest BCUT2D eigenvalue weighted by atomic mass is 9.99. The van der Waals surface area contributed by atoms with Crippen LogP contribution in [0.5, 0.6) is 0 Å². The molecular weight excluding hydrogens is 232 g/mol. The zero-order chi connectivity index (χ0) is 12.8. The first-order valence-electron chi connectivity index (χ1n) is 5.26. The molecule has 7 heteroatoms. The molecule has 1 fully saturated rings. The Labute approximate surface area is 98.8 Å². The van der Waals surface area contributed by atoms with Gasteiger partial charge in [0, 0.05) is 0 Å². The van der Waals surface area contributed by atoms with Crippen LogP contribution in [0.4, 0.5) is 0 Å². The van der Waals surface area contributed by atoms with Gasteiger partial charge >= 0.3 is 0 Å². The molecule has 5 atom stereocenters. The minimum absolute atomic E-state index is 0.0253. The van der Waals surface area contributed by atoms with Crippen molar-refractivity contribution in [2.45, 2.75) is 30.7 Å². The fraction of sp³-hybridized carbons (Fsp3) is 0.800. The quantitative estimate of drug-likeness (QED) is 0.318. The zero-order valence-electron chi connectivity index (χ0n) is 9.31. The summed E-state index contributed by atoms with van der Waals surface area (Å²) < 4.78 is 14.8. The molecule has 0 aromatic heterocycles. The summed E-state index contributed by atoms with van der Waals surface area (Å²) in [6, 6.07) is 0. The standard InChI is InChI=1S/C10H18O7/c1-2-15-3-4-16-5-6-7(11)8(12)9(13)10(14)17-6/h2,6-14H,1,3-5H2/t6-,7+,8+,9-,10?/m1/s1. The van der Waals surface area contributed by atoms with Gasteiger partial charge in [-0.1, -0.05) is 6.58 Å². The molecule has 0 amide bonds. The SMILES string of the molecule is C=COCCOC[C@H]1OC(O)[C@H](O)[C@@H](O)[C@H]1O. The Morgan fingerprint density at radius 1 is 1.06 bits per heavy atom. The van der Waals surface area contributed by atoms with Crippen molar-refractivity contribution in [2.24, 2.45) is 0 Å². The summed E-state index contributed by atoms with van der Waals surface area (Å²) >= 11 is 0. The van der Waals surface area contributed by atoms with Crippen LogP contribution >= 0.6 is 0 Å². The maximum Gasteiger partial charge on any atom is 0.184 e. The molecule has 4 N–H and O–H groups in total. The van der Waals surface area contributed by atoms with E-state index in [9.17, 15) is 20.4 Å². The third kappa shape index (κ3) is 3.91. The Kier molecular flexibility index (Phi) is 5.83. The number of ether oxygens (including phenoxy) is 3. The topological polar surface area (TPSA) is 109 Å². The second kappa shape index (κ2) is 6.90. The fourth-order valence-electron chi connectivity index (χ4n) is 1.46. The second-order valence-electron chi connectivity index (χ2n) is 3.65. The van der Waals surface area contributed by atoms with Gasteiger partial charge in [-0.2, -0.15) is 0 Å². The Morgan fingerprint density at radius 3 is 2.41 bits per heavy atom. The minimum atomic E-state index is -1.54. The van der Waals surface area contributed by atoms with E-state index in [1.54, 1.807) is 0 Å². The van der Waals surface area contributed by atoms with Gasteiger partial charge < -0.3 is 34.6 Å². The van der Waals surface area contributed by atoms with Gasteiger partial charge in [0.2, 0.25) is 0 Å². The van der Waals surface area contributed by atoms with Crippen LogP contribution in [0.25, 0.3) is 0 Å². The van der Waals surface area contributed by atoms with Crippen LogP contribution in [0, 0.1) is 0 Å². The van der Waals surface area contributed by atoms with Gasteiger partial charge in [0.25, 0.3) is 0 Å². The third-order valence-corrected chi connectivity index (χ3v) is 2.43. The zero-order valence-corrected chi connectivity index (χ0v) is 9.31. The molecule has 0 spiro atoms. The van der Waals surface area contributed by atoms with E-state index in [1.807, 2.05) is 0 Å². The van der Waals surface area contributed by atoms with Gasteiger partial charge in [-0.15, -0.1) is 0 Å². The monoisotopic (exact) mass is 250 g/mol. The average molecular weight is 250 g/mol. The van der Waals surface area contributed by atoms with E-state index >= 15 is 0 Å². The Balaban J connectivity index is 2.30. The molecule has 7 nitrogen and oxygen atoms in total. The Bertz CT molecular complexity index is 235. The summed E-state index contributed by atoms with van der Waals surface area (Å²) in [6.07, 6.45) is -5.45. The van der Waals surface area contributed by atoms with Crippen LogP contribution < -0.4 is 0 Å². The number of aliphatic hydroxyl groups excluding tert-OH is 4. The Hall–Kier alpha value is -0.700. The van der Waals surface area contributed by atoms with Crippen LogP contribution in [0.1, 0.15) is 0 Å². The number of rotatable bonds is 6. The smallest absolute Gasteiger partial charge is 0.184 e. The van der Waals surface area contributed by atoms with Crippen molar-refractivity contribution in [2.75, 3.05) is 19.8 Å². The molecule has 17 heavy (non-hydrogen) atoms. The van der Waals surface area contributed by atoms with Crippen molar-refractivity contribution in [3.8, 4) is 0 Å². The first-order valence-corrected chi connectivity index (χ1v) is 5.26. The average Bonchev–Trinajstić information content (AvgIpc) is 2.32. The predicted molar refractivity (Wildman–Crippen MR) is 55.9 cm³/mol. The number of hydrogen-bond acceptors (Lipinski definition) is 7. The van der Waals surface area contributed by atoms with E-state index < -0.39 is 30.7 Å². The molecule has 0 aliphatic carbocycles. The first-order chi connectivity index (χ1) is 8.07. The van der Waals surface area contributed by atoms with Gasteiger partial charge in [-0.3, -0.25) is 0 Å². The van der Waals surface area contributed by atoms with Crippen LogP contribution in [0.3, 0.4) is 0 Å². The second-order valence-corrected chi connectivity index (χ2v) is 3.65. The third-order valence-electron chi connectivity index (χ3n) is 2.43. The summed E-state index contributed by atoms with van der Waals surface area (Å²) in [7, 11) is 0. The largest absolute Gasteiger partial charge is 0.499 e. The first kappa shape index (κ1) is 14.4. The van der Waals surface area contributed by atoms with E-state index in [0.717, 1.165) is 0 Å². The van der Waals surface area contributed by atoms with E-state index in [-0.39, 0.29) is 13.2 Å². The van der Waals surface area contributed by atoms with Gasteiger partial charge in [-0.25, -0.2) is 0 Å².